The van der Waals surface area contributed by atoms with Gasteiger partial charge in [-0.05, 0) is 61.1 Å². The molecular formula is C28H30F3NO2. The van der Waals surface area contributed by atoms with E-state index in [4.69, 9.17) is 0 Å². The maximum absolute atomic E-state index is 14.2. The van der Waals surface area contributed by atoms with Crippen molar-refractivity contribution in [2.45, 2.75) is 50.5 Å². The number of halogens is 3. The van der Waals surface area contributed by atoms with Crippen LogP contribution in [0.2, 0.25) is 0 Å². The zero-order valence-electron chi connectivity index (χ0n) is 19.5. The van der Waals surface area contributed by atoms with Crippen LogP contribution in [0, 0.1) is 23.4 Å². The summed E-state index contributed by atoms with van der Waals surface area (Å²) >= 11 is 0. The van der Waals surface area contributed by atoms with Gasteiger partial charge in [0.25, 0.3) is 0 Å². The molecule has 0 radical (unpaired) electrons. The lowest BCUT2D eigenvalue weighted by atomic mass is 9.64. The summed E-state index contributed by atoms with van der Waals surface area (Å²) in [6, 6.07) is 9.72. The van der Waals surface area contributed by atoms with Gasteiger partial charge < -0.3 is 10.0 Å². The van der Waals surface area contributed by atoms with Crippen LogP contribution in [0.1, 0.15) is 50.2 Å². The molecule has 34 heavy (non-hydrogen) atoms. The summed E-state index contributed by atoms with van der Waals surface area (Å²) in [7, 11) is 0. The molecule has 1 saturated heterocycles. The number of carbonyl (C=O) groups excluding carboxylic acids is 1. The molecule has 1 heterocycles. The van der Waals surface area contributed by atoms with Gasteiger partial charge >= 0.3 is 0 Å². The first-order chi connectivity index (χ1) is 16.3. The summed E-state index contributed by atoms with van der Waals surface area (Å²) in [6.45, 7) is 4.33. The summed E-state index contributed by atoms with van der Waals surface area (Å²) < 4.78 is 40.9. The quantitative estimate of drug-likeness (QED) is 0.594. The molecule has 1 N–H and O–H groups in total. The Labute approximate surface area is 198 Å². The van der Waals surface area contributed by atoms with Crippen molar-refractivity contribution < 1.29 is 23.1 Å². The van der Waals surface area contributed by atoms with E-state index in [2.05, 4.69) is 0 Å². The summed E-state index contributed by atoms with van der Waals surface area (Å²) in [5.41, 5.74) is 1.77. The van der Waals surface area contributed by atoms with Crippen molar-refractivity contribution in [2.24, 2.45) is 5.92 Å². The molecule has 2 aromatic carbocycles. The number of nitrogens with zero attached hydrogens (tertiary/aromatic N) is 1. The first-order valence-corrected chi connectivity index (χ1v) is 11.8. The SMILES string of the molecule is CC1C(=O)N([C@H](C)C2=CCC(c3ccc(F)cc3F)C=C2)CC[C@]1(CCO)c1ccc(F)cc1. The third-order valence-corrected chi connectivity index (χ3v) is 7.70. The van der Waals surface area contributed by atoms with E-state index in [1.165, 1.54) is 24.3 Å². The van der Waals surface area contributed by atoms with Gasteiger partial charge in [-0.15, -0.1) is 0 Å². The molecule has 0 spiro atoms. The number of benzene rings is 2. The maximum Gasteiger partial charge on any atom is 0.226 e. The van der Waals surface area contributed by atoms with Gasteiger partial charge in [0.2, 0.25) is 5.91 Å². The molecule has 0 saturated carbocycles. The first kappa shape index (κ1) is 24.3. The molecule has 180 valence electrons. The third kappa shape index (κ3) is 4.43. The van der Waals surface area contributed by atoms with Crippen LogP contribution in [0.4, 0.5) is 13.2 Å². The Hall–Kier alpha value is -2.86. The van der Waals surface area contributed by atoms with Crippen molar-refractivity contribution in [1.82, 2.24) is 4.90 Å². The van der Waals surface area contributed by atoms with Gasteiger partial charge in [0.15, 0.2) is 0 Å². The molecular weight excluding hydrogens is 439 g/mol. The Balaban J connectivity index is 1.50. The van der Waals surface area contributed by atoms with Crippen molar-refractivity contribution in [3.63, 3.8) is 0 Å². The first-order valence-electron chi connectivity index (χ1n) is 11.8. The molecule has 4 atom stereocenters. The standard InChI is InChI=1S/C28H30F3NO2/c1-18-27(34)32(15-13-28(18,14-16-33)22-7-9-23(29)10-8-22)19(2)20-3-5-21(6-4-20)25-12-11-24(30)17-26(25)31/h3-5,7-12,17-19,21,33H,6,13-16H2,1-2H3/t18?,19-,21?,28-/m1/s1. The molecule has 3 nitrogen and oxygen atoms in total. The van der Waals surface area contributed by atoms with Gasteiger partial charge in [-0.25, -0.2) is 13.2 Å². The lowest BCUT2D eigenvalue weighted by molar-refractivity contribution is -0.143. The number of aliphatic hydroxyl groups excluding tert-OH is 1. The highest BCUT2D eigenvalue weighted by Gasteiger charge is 2.47. The summed E-state index contributed by atoms with van der Waals surface area (Å²) in [4.78, 5) is 15.4. The molecule has 1 aliphatic carbocycles. The minimum atomic E-state index is -0.596. The number of hydrogen-bond donors (Lipinski definition) is 1. The largest absolute Gasteiger partial charge is 0.396 e. The van der Waals surface area contributed by atoms with E-state index in [0.717, 1.165) is 17.2 Å². The molecule has 1 aliphatic heterocycles. The minimum Gasteiger partial charge on any atom is -0.396 e. The maximum atomic E-state index is 14.2. The predicted octanol–water partition coefficient (Wildman–Crippen LogP) is 5.65. The average Bonchev–Trinajstić information content (AvgIpc) is 2.83. The number of aliphatic hydroxyl groups is 1. The Morgan fingerprint density at radius 1 is 1.12 bits per heavy atom. The summed E-state index contributed by atoms with van der Waals surface area (Å²) in [5.74, 6) is -2.04. The van der Waals surface area contributed by atoms with Crippen LogP contribution in [-0.2, 0) is 10.2 Å². The number of carbonyl (C=O) groups is 1. The molecule has 0 bridgehead atoms. The van der Waals surface area contributed by atoms with Crippen molar-refractivity contribution in [3.8, 4) is 0 Å². The molecule has 1 fully saturated rings. The minimum absolute atomic E-state index is 0.00229. The number of likely N-dealkylation sites (tertiary alicyclic amines) is 1. The molecule has 2 unspecified atom stereocenters. The second-order valence-electron chi connectivity index (χ2n) is 9.39. The fourth-order valence-electron chi connectivity index (χ4n) is 5.54. The van der Waals surface area contributed by atoms with E-state index in [9.17, 15) is 23.1 Å². The lowest BCUT2D eigenvalue weighted by Crippen LogP contribution is -2.55. The topological polar surface area (TPSA) is 40.5 Å². The van der Waals surface area contributed by atoms with Gasteiger partial charge in [0, 0.05) is 36.5 Å². The van der Waals surface area contributed by atoms with E-state index in [0.29, 0.717) is 31.4 Å². The highest BCUT2D eigenvalue weighted by molar-refractivity contribution is 5.82. The predicted molar refractivity (Wildman–Crippen MR) is 126 cm³/mol. The van der Waals surface area contributed by atoms with Crippen LogP contribution < -0.4 is 0 Å². The van der Waals surface area contributed by atoms with Crippen LogP contribution in [0.15, 0.2) is 66.3 Å². The average molecular weight is 470 g/mol. The van der Waals surface area contributed by atoms with Gasteiger partial charge in [0.1, 0.15) is 17.5 Å². The molecule has 4 rings (SSSR count). The second-order valence-corrected chi connectivity index (χ2v) is 9.39. The normalized spacial score (nSPS) is 25.9. The van der Waals surface area contributed by atoms with E-state index < -0.39 is 17.0 Å². The number of rotatable bonds is 6. The van der Waals surface area contributed by atoms with Crippen molar-refractivity contribution in [1.29, 1.82) is 0 Å². The van der Waals surface area contributed by atoms with Crippen LogP contribution >= 0.6 is 0 Å². The fourth-order valence-corrected chi connectivity index (χ4v) is 5.54. The van der Waals surface area contributed by atoms with Crippen LogP contribution in [0.3, 0.4) is 0 Å². The number of piperidine rings is 1. The monoisotopic (exact) mass is 469 g/mol. The Bertz CT molecular complexity index is 1110. The summed E-state index contributed by atoms with van der Waals surface area (Å²) in [6.07, 6.45) is 7.52. The zero-order chi connectivity index (χ0) is 24.5. The van der Waals surface area contributed by atoms with Crippen LogP contribution in [0.5, 0.6) is 0 Å². The van der Waals surface area contributed by atoms with Crippen molar-refractivity contribution in [2.75, 3.05) is 13.2 Å². The molecule has 0 aromatic heterocycles. The number of hydrogen-bond acceptors (Lipinski definition) is 2. The highest BCUT2D eigenvalue weighted by atomic mass is 19.1. The lowest BCUT2D eigenvalue weighted by Gasteiger charge is -2.48. The number of amides is 1. The van der Waals surface area contributed by atoms with Gasteiger partial charge in [-0.2, -0.15) is 0 Å². The van der Waals surface area contributed by atoms with Crippen LogP contribution in [0.25, 0.3) is 0 Å². The van der Waals surface area contributed by atoms with Crippen LogP contribution in [-0.4, -0.2) is 35.1 Å². The fraction of sp³-hybridized carbons (Fsp3) is 0.393. The summed E-state index contributed by atoms with van der Waals surface area (Å²) in [5, 5.41) is 9.77. The van der Waals surface area contributed by atoms with E-state index in [1.807, 2.05) is 37.0 Å². The van der Waals surface area contributed by atoms with E-state index in [1.54, 1.807) is 12.1 Å². The third-order valence-electron chi connectivity index (χ3n) is 7.70. The Morgan fingerprint density at radius 2 is 1.82 bits per heavy atom. The molecule has 2 aromatic rings. The smallest absolute Gasteiger partial charge is 0.226 e. The van der Waals surface area contributed by atoms with E-state index in [-0.39, 0.29) is 36.2 Å². The van der Waals surface area contributed by atoms with Crippen molar-refractivity contribution in [3.05, 3.63) is 94.8 Å². The Kier molecular flexibility index (Phi) is 6.99. The van der Waals surface area contributed by atoms with Gasteiger partial charge in [0.05, 0.1) is 6.04 Å². The Morgan fingerprint density at radius 3 is 2.44 bits per heavy atom. The molecule has 6 heteroatoms. The van der Waals surface area contributed by atoms with Gasteiger partial charge in [-0.3, -0.25) is 4.79 Å². The number of allylic oxidation sites excluding steroid dienone is 2. The van der Waals surface area contributed by atoms with Gasteiger partial charge in [-0.1, -0.05) is 43.4 Å². The second kappa shape index (κ2) is 9.79. The highest BCUT2D eigenvalue weighted by Crippen LogP contribution is 2.44. The zero-order valence-corrected chi connectivity index (χ0v) is 19.5. The molecule has 1 amide bonds. The van der Waals surface area contributed by atoms with E-state index >= 15 is 0 Å². The molecule has 2 aliphatic rings. The van der Waals surface area contributed by atoms with Crippen molar-refractivity contribution >= 4 is 5.91 Å².